The lowest BCUT2D eigenvalue weighted by Gasteiger charge is -2.13. The van der Waals surface area contributed by atoms with Gasteiger partial charge in [-0.3, -0.25) is 4.79 Å². The molecular weight excluding hydrogens is 416 g/mol. The van der Waals surface area contributed by atoms with Crippen LogP contribution < -0.4 is 14.9 Å². The van der Waals surface area contributed by atoms with Crippen molar-refractivity contribution in [1.29, 1.82) is 0 Å². The van der Waals surface area contributed by atoms with Crippen molar-refractivity contribution < 1.29 is 18.7 Å². The number of carbonyl (C=O) groups is 1. The second kappa shape index (κ2) is 9.10. The molecule has 4 aromatic rings. The van der Waals surface area contributed by atoms with Crippen LogP contribution in [0, 0.1) is 0 Å². The zero-order valence-electron chi connectivity index (χ0n) is 17.1. The van der Waals surface area contributed by atoms with Crippen LogP contribution in [0.2, 0.25) is 5.02 Å². The first kappa shape index (κ1) is 20.8. The fourth-order valence-corrected chi connectivity index (χ4v) is 3.61. The number of ether oxygens (including phenoxy) is 2. The summed E-state index contributed by atoms with van der Waals surface area (Å²) in [6.45, 7) is 4.68. The number of rotatable bonds is 7. The minimum Gasteiger partial charge on any atom is -0.490 e. The Balaban J connectivity index is 1.54. The van der Waals surface area contributed by atoms with Crippen molar-refractivity contribution in [1.82, 2.24) is 5.43 Å². The molecule has 0 radical (unpaired) electrons. The molecule has 1 aromatic heterocycles. The van der Waals surface area contributed by atoms with Crippen LogP contribution in [0.5, 0.6) is 11.5 Å². The van der Waals surface area contributed by atoms with Crippen molar-refractivity contribution in [3.8, 4) is 11.5 Å². The SMILES string of the molecule is CCOc1cc(/C=N/NC(=O)c2cc3c(ccc4ccccc43)o2)cc(Cl)c1OCC. The zero-order chi connectivity index (χ0) is 21.8. The number of carbonyl (C=O) groups excluding carboxylic acids is 1. The van der Waals surface area contributed by atoms with E-state index in [1.54, 1.807) is 18.2 Å². The summed E-state index contributed by atoms with van der Waals surface area (Å²) in [5.74, 6) is 0.748. The lowest BCUT2D eigenvalue weighted by Crippen LogP contribution is -2.16. The van der Waals surface area contributed by atoms with Gasteiger partial charge in [-0.2, -0.15) is 5.10 Å². The first-order chi connectivity index (χ1) is 15.1. The molecule has 0 aliphatic rings. The summed E-state index contributed by atoms with van der Waals surface area (Å²) in [7, 11) is 0. The third-order valence-corrected chi connectivity index (χ3v) is 4.93. The highest BCUT2D eigenvalue weighted by Gasteiger charge is 2.14. The highest BCUT2D eigenvalue weighted by molar-refractivity contribution is 6.32. The average Bonchev–Trinajstić information content (AvgIpc) is 3.21. The fourth-order valence-electron chi connectivity index (χ4n) is 3.33. The molecule has 4 rings (SSSR count). The number of hydrazone groups is 1. The van der Waals surface area contributed by atoms with E-state index in [2.05, 4.69) is 10.5 Å². The summed E-state index contributed by atoms with van der Waals surface area (Å²) in [5, 5.41) is 7.43. The Bertz CT molecular complexity index is 1280. The van der Waals surface area contributed by atoms with Crippen LogP contribution in [0.1, 0.15) is 30.0 Å². The molecule has 1 amide bonds. The third kappa shape index (κ3) is 4.34. The second-order valence-electron chi connectivity index (χ2n) is 6.70. The number of halogens is 1. The van der Waals surface area contributed by atoms with Gasteiger partial charge in [0.2, 0.25) is 0 Å². The largest absolute Gasteiger partial charge is 0.490 e. The van der Waals surface area contributed by atoms with Crippen LogP contribution in [-0.2, 0) is 0 Å². The van der Waals surface area contributed by atoms with Gasteiger partial charge in [-0.1, -0.05) is 41.9 Å². The molecule has 0 aliphatic carbocycles. The molecule has 158 valence electrons. The Labute approximate surface area is 184 Å². The maximum Gasteiger partial charge on any atom is 0.307 e. The van der Waals surface area contributed by atoms with Crippen LogP contribution in [-0.4, -0.2) is 25.3 Å². The van der Waals surface area contributed by atoms with Gasteiger partial charge in [0.15, 0.2) is 17.3 Å². The predicted octanol–water partition coefficient (Wildman–Crippen LogP) is 5.80. The first-order valence-electron chi connectivity index (χ1n) is 9.94. The van der Waals surface area contributed by atoms with E-state index in [1.807, 2.05) is 50.2 Å². The number of hydrogen-bond donors (Lipinski definition) is 1. The normalized spacial score (nSPS) is 11.3. The van der Waals surface area contributed by atoms with Gasteiger partial charge in [-0.15, -0.1) is 0 Å². The van der Waals surface area contributed by atoms with Crippen LogP contribution in [0.4, 0.5) is 0 Å². The van der Waals surface area contributed by atoms with Crippen molar-refractivity contribution in [3.05, 3.63) is 70.9 Å². The Morgan fingerprint density at radius 1 is 1.06 bits per heavy atom. The number of furan rings is 1. The van der Waals surface area contributed by atoms with Crippen molar-refractivity contribution >= 4 is 45.5 Å². The van der Waals surface area contributed by atoms with Gasteiger partial charge in [0, 0.05) is 5.39 Å². The van der Waals surface area contributed by atoms with E-state index >= 15 is 0 Å². The lowest BCUT2D eigenvalue weighted by molar-refractivity contribution is 0.0929. The Hall–Kier alpha value is -3.51. The number of nitrogens with one attached hydrogen (secondary N) is 1. The third-order valence-electron chi connectivity index (χ3n) is 4.65. The molecule has 6 nitrogen and oxygen atoms in total. The standard InChI is InChI=1S/C24H21ClN2O4/c1-3-29-21-12-15(11-19(25)23(21)30-4-2)14-26-27-24(28)22-13-18-17-8-6-5-7-16(17)9-10-20(18)31-22/h5-14H,3-4H2,1-2H3,(H,27,28)/b26-14+. The van der Waals surface area contributed by atoms with Crippen molar-refractivity contribution in [2.45, 2.75) is 13.8 Å². The van der Waals surface area contributed by atoms with E-state index in [1.165, 1.54) is 6.21 Å². The molecule has 0 aliphatic heterocycles. The summed E-state index contributed by atoms with van der Waals surface area (Å²) >= 11 is 6.31. The highest BCUT2D eigenvalue weighted by atomic mass is 35.5. The molecule has 7 heteroatoms. The maximum absolute atomic E-state index is 12.5. The minimum absolute atomic E-state index is 0.184. The topological polar surface area (TPSA) is 73.1 Å². The summed E-state index contributed by atoms with van der Waals surface area (Å²) in [5.41, 5.74) is 3.79. The molecule has 0 saturated heterocycles. The molecule has 0 atom stereocenters. The predicted molar refractivity (Wildman–Crippen MR) is 123 cm³/mol. The molecule has 3 aromatic carbocycles. The van der Waals surface area contributed by atoms with Gasteiger partial charge in [-0.05, 0) is 54.4 Å². The number of fused-ring (bicyclic) bond motifs is 3. The van der Waals surface area contributed by atoms with E-state index in [9.17, 15) is 4.79 Å². The summed E-state index contributed by atoms with van der Waals surface area (Å²) < 4.78 is 16.9. The van der Waals surface area contributed by atoms with E-state index in [0.29, 0.717) is 40.9 Å². The molecule has 1 N–H and O–H groups in total. The second-order valence-corrected chi connectivity index (χ2v) is 7.11. The maximum atomic E-state index is 12.5. The van der Waals surface area contributed by atoms with E-state index < -0.39 is 5.91 Å². The van der Waals surface area contributed by atoms with Gasteiger partial charge < -0.3 is 13.9 Å². The highest BCUT2D eigenvalue weighted by Crippen LogP contribution is 2.36. The fraction of sp³-hybridized carbons (Fsp3) is 0.167. The number of amides is 1. The van der Waals surface area contributed by atoms with Gasteiger partial charge in [-0.25, -0.2) is 5.43 Å². The average molecular weight is 437 g/mol. The lowest BCUT2D eigenvalue weighted by atomic mass is 10.1. The minimum atomic E-state index is -0.446. The molecule has 31 heavy (non-hydrogen) atoms. The Morgan fingerprint density at radius 3 is 2.68 bits per heavy atom. The van der Waals surface area contributed by atoms with Crippen LogP contribution >= 0.6 is 11.6 Å². The zero-order valence-corrected chi connectivity index (χ0v) is 17.9. The number of nitrogens with zero attached hydrogens (tertiary/aromatic N) is 1. The summed E-state index contributed by atoms with van der Waals surface area (Å²) in [6.07, 6.45) is 1.49. The Kier molecular flexibility index (Phi) is 6.09. The number of hydrogen-bond acceptors (Lipinski definition) is 5. The molecule has 0 bridgehead atoms. The molecule has 0 fully saturated rings. The van der Waals surface area contributed by atoms with E-state index in [4.69, 9.17) is 25.5 Å². The van der Waals surface area contributed by atoms with Crippen LogP contribution in [0.25, 0.3) is 21.7 Å². The first-order valence-corrected chi connectivity index (χ1v) is 10.3. The smallest absolute Gasteiger partial charge is 0.307 e. The monoisotopic (exact) mass is 436 g/mol. The van der Waals surface area contributed by atoms with Gasteiger partial charge >= 0.3 is 5.91 Å². The summed E-state index contributed by atoms with van der Waals surface area (Å²) in [6, 6.07) is 16.9. The molecule has 0 saturated carbocycles. The van der Waals surface area contributed by atoms with E-state index in [0.717, 1.165) is 16.2 Å². The quantitative estimate of drug-likeness (QED) is 0.293. The summed E-state index contributed by atoms with van der Waals surface area (Å²) in [4.78, 5) is 12.5. The molecule has 1 heterocycles. The molecule has 0 spiro atoms. The van der Waals surface area contributed by atoms with Crippen LogP contribution in [0.15, 0.2) is 64.1 Å². The van der Waals surface area contributed by atoms with Gasteiger partial charge in [0.1, 0.15) is 5.58 Å². The van der Waals surface area contributed by atoms with Crippen molar-refractivity contribution in [3.63, 3.8) is 0 Å². The van der Waals surface area contributed by atoms with Crippen molar-refractivity contribution in [2.24, 2.45) is 5.10 Å². The van der Waals surface area contributed by atoms with E-state index in [-0.39, 0.29) is 5.76 Å². The number of benzene rings is 3. The molecular formula is C24H21ClN2O4. The van der Waals surface area contributed by atoms with Crippen LogP contribution in [0.3, 0.4) is 0 Å². The molecule has 0 unspecified atom stereocenters. The van der Waals surface area contributed by atoms with Gasteiger partial charge in [0.25, 0.3) is 0 Å². The Morgan fingerprint density at radius 2 is 1.87 bits per heavy atom. The van der Waals surface area contributed by atoms with Crippen molar-refractivity contribution in [2.75, 3.05) is 13.2 Å². The van der Waals surface area contributed by atoms with Gasteiger partial charge in [0.05, 0.1) is 24.5 Å².